The fraction of sp³-hybridized carbons (Fsp3) is 0.211. The molecule has 0 fully saturated rings. The number of dihydropyridines is 1. The zero-order valence-electron chi connectivity index (χ0n) is 15.3. The minimum atomic E-state index is -0.701. The van der Waals surface area contributed by atoms with Crippen molar-refractivity contribution in [3.05, 3.63) is 65.1 Å². The maximum absolute atomic E-state index is 13.6. The number of carbonyl (C=O) groups excluding carboxylic acids is 2. The van der Waals surface area contributed by atoms with Crippen LogP contribution in [-0.2, 0) is 13.1 Å². The normalized spacial score (nSPS) is 15.7. The van der Waals surface area contributed by atoms with E-state index in [0.29, 0.717) is 30.0 Å². The Balaban J connectivity index is 1.60. The average molecular weight is 400 g/mol. The first-order chi connectivity index (χ1) is 13.9. The van der Waals surface area contributed by atoms with Gasteiger partial charge in [0.2, 0.25) is 0 Å². The molecule has 0 atom stereocenters. The van der Waals surface area contributed by atoms with Crippen molar-refractivity contribution in [3.8, 4) is 11.3 Å². The molecule has 3 amide bonds. The molecule has 29 heavy (non-hydrogen) atoms. The van der Waals surface area contributed by atoms with Gasteiger partial charge >= 0.3 is 6.03 Å². The Kier molecular flexibility index (Phi) is 4.75. The topological polar surface area (TPSA) is 105 Å². The third-order valence-electron chi connectivity index (χ3n) is 4.76. The molecular weight excluding hydrogens is 382 g/mol. The van der Waals surface area contributed by atoms with Crippen LogP contribution in [0.15, 0.2) is 48.1 Å². The van der Waals surface area contributed by atoms with Crippen LogP contribution in [-0.4, -0.2) is 39.7 Å². The van der Waals surface area contributed by atoms with E-state index in [-0.39, 0.29) is 30.4 Å². The lowest BCUT2D eigenvalue weighted by atomic mass is 10.0. The molecule has 0 unspecified atom stereocenters. The number of aromatic nitrogens is 2. The number of primary amides is 1. The average Bonchev–Trinajstić information content (AvgIpc) is 3.08. The van der Waals surface area contributed by atoms with Crippen LogP contribution in [0.2, 0.25) is 0 Å². The molecule has 2 aromatic rings. The molecule has 0 bridgehead atoms. The molecule has 4 N–H and O–H groups in total. The van der Waals surface area contributed by atoms with Crippen LogP contribution in [0.3, 0.4) is 0 Å². The van der Waals surface area contributed by atoms with E-state index in [1.54, 1.807) is 10.7 Å². The van der Waals surface area contributed by atoms with Gasteiger partial charge in [0.1, 0.15) is 11.5 Å². The predicted molar refractivity (Wildman–Crippen MR) is 100 cm³/mol. The van der Waals surface area contributed by atoms with Crippen LogP contribution >= 0.6 is 0 Å². The van der Waals surface area contributed by atoms with Crippen LogP contribution in [0.5, 0.6) is 0 Å². The van der Waals surface area contributed by atoms with Gasteiger partial charge in [-0.2, -0.15) is 9.49 Å². The number of rotatable bonds is 3. The Morgan fingerprint density at radius 1 is 1.21 bits per heavy atom. The fourth-order valence-corrected chi connectivity index (χ4v) is 3.36. The molecular formula is C19H18F2N6O2. The number of halogens is 2. The number of nitrogens with one attached hydrogen (secondary N) is 2. The Morgan fingerprint density at radius 2 is 2.03 bits per heavy atom. The minimum absolute atomic E-state index is 0.108. The number of carbonyl (C=O) groups is 2. The highest BCUT2D eigenvalue weighted by Crippen LogP contribution is 2.28. The van der Waals surface area contributed by atoms with Gasteiger partial charge in [-0.3, -0.25) is 9.48 Å². The molecule has 1 aromatic carbocycles. The first-order valence-corrected chi connectivity index (χ1v) is 8.94. The van der Waals surface area contributed by atoms with Crippen LogP contribution < -0.4 is 16.4 Å². The number of urea groups is 1. The number of hydrogen-bond donors (Lipinski definition) is 3. The van der Waals surface area contributed by atoms with E-state index >= 15 is 0 Å². The second-order valence-corrected chi connectivity index (χ2v) is 6.68. The molecule has 0 saturated carbocycles. The molecule has 8 nitrogen and oxygen atoms in total. The largest absolute Gasteiger partial charge is 0.365 e. The number of allylic oxidation sites excluding steroid dienone is 2. The molecule has 10 heteroatoms. The van der Waals surface area contributed by atoms with Crippen molar-refractivity contribution in [1.29, 1.82) is 0 Å². The minimum Gasteiger partial charge on any atom is -0.365 e. The van der Waals surface area contributed by atoms with Gasteiger partial charge in [0.25, 0.3) is 5.91 Å². The van der Waals surface area contributed by atoms with E-state index in [9.17, 15) is 18.4 Å². The van der Waals surface area contributed by atoms with Crippen LogP contribution in [0.4, 0.5) is 13.6 Å². The maximum atomic E-state index is 13.6. The lowest BCUT2D eigenvalue weighted by Crippen LogP contribution is -2.45. The van der Waals surface area contributed by atoms with E-state index in [1.807, 2.05) is 0 Å². The van der Waals surface area contributed by atoms with E-state index in [0.717, 1.165) is 0 Å². The molecule has 0 radical (unpaired) electrons. The molecule has 2 aliphatic rings. The summed E-state index contributed by atoms with van der Waals surface area (Å²) in [6.45, 7) is 0.976. The Hall–Kier alpha value is -3.69. The lowest BCUT2D eigenvalue weighted by Gasteiger charge is -2.29. The maximum Gasteiger partial charge on any atom is 0.322 e. The summed E-state index contributed by atoms with van der Waals surface area (Å²) in [5.74, 6) is -1.63. The first-order valence-electron chi connectivity index (χ1n) is 8.94. The number of benzene rings is 1. The first kappa shape index (κ1) is 18.7. The number of fused-ring (bicyclic) bond motifs is 1. The van der Waals surface area contributed by atoms with Crippen LogP contribution in [0.25, 0.3) is 11.3 Å². The fourth-order valence-electron chi connectivity index (χ4n) is 3.36. The van der Waals surface area contributed by atoms with Gasteiger partial charge in [0.15, 0.2) is 5.95 Å². The lowest BCUT2D eigenvalue weighted by molar-refractivity contribution is 0.0997. The Labute approximate surface area is 164 Å². The molecule has 4 rings (SSSR count). The molecule has 0 spiro atoms. The zero-order chi connectivity index (χ0) is 20.5. The number of nitrogens with zero attached hydrogens (tertiary/aromatic N) is 3. The van der Waals surface area contributed by atoms with Crippen molar-refractivity contribution in [1.82, 2.24) is 25.3 Å². The third-order valence-corrected chi connectivity index (χ3v) is 4.76. The molecule has 3 heterocycles. The van der Waals surface area contributed by atoms with Gasteiger partial charge < -0.3 is 21.3 Å². The van der Waals surface area contributed by atoms with Crippen molar-refractivity contribution >= 4 is 11.9 Å². The summed E-state index contributed by atoms with van der Waals surface area (Å²) < 4.78 is 28.3. The van der Waals surface area contributed by atoms with Gasteiger partial charge in [0, 0.05) is 17.8 Å². The highest BCUT2D eigenvalue weighted by atomic mass is 19.1. The highest BCUT2D eigenvalue weighted by molar-refractivity contribution is 6.00. The third kappa shape index (κ3) is 3.68. The van der Waals surface area contributed by atoms with Crippen molar-refractivity contribution in [2.75, 3.05) is 13.1 Å². The predicted octanol–water partition coefficient (Wildman–Crippen LogP) is 1.61. The van der Waals surface area contributed by atoms with Gasteiger partial charge in [-0.1, -0.05) is 12.1 Å². The van der Waals surface area contributed by atoms with Crippen molar-refractivity contribution in [3.63, 3.8) is 0 Å². The Morgan fingerprint density at radius 3 is 2.72 bits per heavy atom. The number of amides is 3. The van der Waals surface area contributed by atoms with Gasteiger partial charge in [0.05, 0.1) is 30.9 Å². The standard InChI is InChI=1S/C19H18F2N6O2/c20-12-3-1-2-11(8-12)17-16(18(22)28)14-10-26(6-7-27(14)25-17)19(29)24-13-4-5-15(21)23-9-13/h1-5,8,23H,6-7,9-10H2,(H2,22,28)(H,24,29). The van der Waals surface area contributed by atoms with Crippen LogP contribution in [0, 0.1) is 5.82 Å². The van der Waals surface area contributed by atoms with Crippen LogP contribution in [0.1, 0.15) is 16.1 Å². The van der Waals surface area contributed by atoms with E-state index < -0.39 is 17.7 Å². The number of nitrogens with two attached hydrogens (primary N) is 1. The molecule has 1 aromatic heterocycles. The van der Waals surface area contributed by atoms with Gasteiger partial charge in [-0.05, 0) is 24.3 Å². The summed E-state index contributed by atoms with van der Waals surface area (Å²) in [5.41, 5.74) is 7.47. The smallest absolute Gasteiger partial charge is 0.322 e. The summed E-state index contributed by atoms with van der Waals surface area (Å²) in [7, 11) is 0. The van der Waals surface area contributed by atoms with Gasteiger partial charge in [-0.25, -0.2) is 9.18 Å². The quantitative estimate of drug-likeness (QED) is 0.681. The summed E-state index contributed by atoms with van der Waals surface area (Å²) in [6, 6.07) is 5.36. The number of hydrogen-bond acceptors (Lipinski definition) is 4. The second-order valence-electron chi connectivity index (χ2n) is 6.68. The summed E-state index contributed by atoms with van der Waals surface area (Å²) >= 11 is 0. The zero-order valence-corrected chi connectivity index (χ0v) is 15.3. The van der Waals surface area contributed by atoms with E-state index in [1.165, 1.54) is 35.3 Å². The monoisotopic (exact) mass is 400 g/mol. The summed E-state index contributed by atoms with van der Waals surface area (Å²) in [6.07, 6.45) is 2.70. The second kappa shape index (κ2) is 7.38. The van der Waals surface area contributed by atoms with Gasteiger partial charge in [-0.15, -0.1) is 0 Å². The van der Waals surface area contributed by atoms with E-state index in [4.69, 9.17) is 5.73 Å². The molecule has 0 saturated heterocycles. The summed E-state index contributed by atoms with van der Waals surface area (Å²) in [5, 5.41) is 9.63. The highest BCUT2D eigenvalue weighted by Gasteiger charge is 2.30. The van der Waals surface area contributed by atoms with Crippen molar-refractivity contribution in [2.45, 2.75) is 13.1 Å². The summed E-state index contributed by atoms with van der Waals surface area (Å²) in [4.78, 5) is 26.2. The molecule has 0 aliphatic carbocycles. The van der Waals surface area contributed by atoms with Crippen molar-refractivity contribution in [2.24, 2.45) is 5.73 Å². The SMILES string of the molecule is NC(=O)c1c(-c2cccc(F)c2)nn2c1CN(C(=O)NC1=CC=C(F)NC1)CC2. The van der Waals surface area contributed by atoms with Crippen molar-refractivity contribution < 1.29 is 18.4 Å². The Bertz CT molecular complexity index is 1060. The molecule has 2 aliphatic heterocycles. The molecule has 150 valence electrons. The van der Waals surface area contributed by atoms with E-state index in [2.05, 4.69) is 15.7 Å².